The van der Waals surface area contributed by atoms with Gasteiger partial charge in [0.1, 0.15) is 11.5 Å². The number of nitrogens with zero attached hydrogens (tertiary/aromatic N) is 2. The second-order valence-corrected chi connectivity index (χ2v) is 5.98. The molecule has 3 heterocycles. The highest BCUT2D eigenvalue weighted by atomic mass is 16.7. The molecule has 3 saturated heterocycles. The summed E-state index contributed by atoms with van der Waals surface area (Å²) in [5.74, 6) is 0.00667. The maximum atomic E-state index is 11.3. The zero-order chi connectivity index (χ0) is 17.1. The number of esters is 1. The van der Waals surface area contributed by atoms with E-state index >= 15 is 0 Å². The average Bonchev–Trinajstić information content (AvgIpc) is 2.56. The lowest BCUT2D eigenvalue weighted by molar-refractivity contribution is -0.141. The van der Waals surface area contributed by atoms with Gasteiger partial charge in [-0.25, -0.2) is 4.79 Å². The smallest absolute Gasteiger partial charge is 0.331 e. The number of piperidine rings is 3. The molecule has 24 heavy (non-hydrogen) atoms. The Morgan fingerprint density at radius 1 is 1.17 bits per heavy atom. The number of ether oxygens (including phenoxy) is 1. The van der Waals surface area contributed by atoms with Crippen LogP contribution in [-0.2, 0) is 14.4 Å². The molecule has 0 saturated carbocycles. The summed E-state index contributed by atoms with van der Waals surface area (Å²) in [5, 5.41) is 4.08. The summed E-state index contributed by atoms with van der Waals surface area (Å²) in [6.07, 6.45) is 3.96. The Labute approximate surface area is 140 Å². The van der Waals surface area contributed by atoms with E-state index in [1.54, 1.807) is 6.07 Å². The molecule has 3 fully saturated rings. The molecule has 3 aliphatic rings. The van der Waals surface area contributed by atoms with Crippen LogP contribution in [0.25, 0.3) is 6.08 Å². The highest BCUT2D eigenvalue weighted by Crippen LogP contribution is 2.34. The van der Waals surface area contributed by atoms with Gasteiger partial charge < -0.3 is 14.5 Å². The van der Waals surface area contributed by atoms with E-state index in [2.05, 4.69) is 10.1 Å². The first-order chi connectivity index (χ1) is 11.5. The molecule has 2 bridgehead atoms. The van der Waals surface area contributed by atoms with Crippen LogP contribution in [0.15, 0.2) is 35.1 Å². The lowest BCUT2D eigenvalue weighted by Crippen LogP contribution is -2.46. The van der Waals surface area contributed by atoms with Crippen LogP contribution in [0, 0.1) is 5.92 Å². The van der Waals surface area contributed by atoms with Crippen molar-refractivity contribution in [3.8, 4) is 5.75 Å². The van der Waals surface area contributed by atoms with Gasteiger partial charge in [0.25, 0.3) is 0 Å². The van der Waals surface area contributed by atoms with E-state index in [0.717, 1.165) is 42.9 Å². The molecule has 3 aliphatic heterocycles. The third-order valence-corrected chi connectivity index (χ3v) is 4.22. The Morgan fingerprint density at radius 2 is 1.88 bits per heavy atom. The third-order valence-electron chi connectivity index (χ3n) is 4.22. The van der Waals surface area contributed by atoms with E-state index in [1.807, 2.05) is 24.3 Å². The average molecular weight is 328 g/mol. The number of oxime groups is 1. The van der Waals surface area contributed by atoms with Crippen LogP contribution in [0.1, 0.15) is 32.3 Å². The van der Waals surface area contributed by atoms with Crippen molar-refractivity contribution in [2.24, 2.45) is 11.1 Å². The minimum Gasteiger partial charge on any atom is -0.426 e. The van der Waals surface area contributed by atoms with E-state index in [4.69, 9.17) is 9.57 Å². The molecule has 0 unspecified atom stereocenters. The lowest BCUT2D eigenvalue weighted by atomic mass is 9.83. The molecule has 0 spiro atoms. The normalized spacial score (nSPS) is 20.5. The van der Waals surface area contributed by atoms with Crippen molar-refractivity contribution in [1.82, 2.24) is 4.90 Å². The molecule has 1 aromatic rings. The fourth-order valence-corrected chi connectivity index (χ4v) is 3.16. The van der Waals surface area contributed by atoms with Crippen LogP contribution in [-0.4, -0.2) is 35.6 Å². The molecule has 0 amide bonds. The number of rotatable bonds is 3. The number of hydrogen-bond donors (Lipinski definition) is 0. The Kier molecular flexibility index (Phi) is 4.64. The molecule has 6 heteroatoms. The molecule has 6 nitrogen and oxygen atoms in total. The molecular formula is C18H20N2O4. The number of fused-ring (bicyclic) bond motifs is 3. The Morgan fingerprint density at radius 3 is 2.54 bits per heavy atom. The summed E-state index contributed by atoms with van der Waals surface area (Å²) in [5.41, 5.74) is 2.52. The molecule has 4 rings (SSSR count). The van der Waals surface area contributed by atoms with Crippen LogP contribution in [0.5, 0.6) is 5.75 Å². The van der Waals surface area contributed by atoms with Crippen molar-refractivity contribution in [3.63, 3.8) is 0 Å². The van der Waals surface area contributed by atoms with Gasteiger partial charge in [0, 0.05) is 38.4 Å². The number of carbonyl (C=O) groups is 2. The zero-order valence-electron chi connectivity index (χ0n) is 13.8. The van der Waals surface area contributed by atoms with Gasteiger partial charge in [0.15, 0.2) is 0 Å². The predicted octanol–water partition coefficient (Wildman–Crippen LogP) is 2.60. The van der Waals surface area contributed by atoms with Gasteiger partial charge in [-0.2, -0.15) is 0 Å². The van der Waals surface area contributed by atoms with Crippen LogP contribution < -0.4 is 4.74 Å². The summed E-state index contributed by atoms with van der Waals surface area (Å²) in [4.78, 5) is 29.5. The first-order valence-electron chi connectivity index (χ1n) is 8.04. The van der Waals surface area contributed by atoms with Crippen LogP contribution >= 0.6 is 0 Å². The SMILES string of the molecule is CC(=O)ON=C1/C(=C\c2ccccc2OC(C)=O)N2CCC1CC2. The summed E-state index contributed by atoms with van der Waals surface area (Å²) < 4.78 is 5.27. The largest absolute Gasteiger partial charge is 0.426 e. The van der Waals surface area contributed by atoms with Gasteiger partial charge in [0.2, 0.25) is 0 Å². The van der Waals surface area contributed by atoms with Gasteiger partial charge >= 0.3 is 11.9 Å². The number of benzene rings is 1. The van der Waals surface area contributed by atoms with Crippen molar-refractivity contribution in [1.29, 1.82) is 0 Å². The zero-order valence-corrected chi connectivity index (χ0v) is 13.8. The molecule has 0 N–H and O–H groups in total. The van der Waals surface area contributed by atoms with Crippen LogP contribution in [0.3, 0.4) is 0 Å². The van der Waals surface area contributed by atoms with Gasteiger partial charge in [-0.1, -0.05) is 23.4 Å². The lowest BCUT2D eigenvalue weighted by Gasteiger charge is -2.42. The molecule has 0 aromatic heterocycles. The molecule has 0 aliphatic carbocycles. The van der Waals surface area contributed by atoms with Crippen molar-refractivity contribution in [2.75, 3.05) is 13.1 Å². The first-order valence-corrected chi connectivity index (χ1v) is 8.04. The maximum Gasteiger partial charge on any atom is 0.331 e. The van der Waals surface area contributed by atoms with Crippen molar-refractivity contribution < 1.29 is 19.2 Å². The maximum absolute atomic E-state index is 11.3. The topological polar surface area (TPSA) is 68.2 Å². The van der Waals surface area contributed by atoms with Gasteiger partial charge in [-0.05, 0) is 25.0 Å². The number of carbonyl (C=O) groups excluding carboxylic acids is 2. The molecule has 0 radical (unpaired) electrons. The molecule has 1 aromatic carbocycles. The van der Waals surface area contributed by atoms with Crippen molar-refractivity contribution >= 4 is 23.7 Å². The number of hydrogen-bond acceptors (Lipinski definition) is 6. The summed E-state index contributed by atoms with van der Waals surface area (Å²) in [7, 11) is 0. The summed E-state index contributed by atoms with van der Waals surface area (Å²) in [6.45, 7) is 4.62. The Hall–Kier alpha value is -2.63. The quantitative estimate of drug-likeness (QED) is 0.369. The minimum absolute atomic E-state index is 0.293. The van der Waals surface area contributed by atoms with Crippen LogP contribution in [0.4, 0.5) is 0 Å². The second kappa shape index (κ2) is 6.86. The number of allylic oxidation sites excluding steroid dienone is 1. The monoisotopic (exact) mass is 328 g/mol. The van der Waals surface area contributed by atoms with E-state index in [0.29, 0.717) is 11.7 Å². The second-order valence-electron chi connectivity index (χ2n) is 5.98. The molecule has 0 atom stereocenters. The summed E-state index contributed by atoms with van der Waals surface area (Å²) >= 11 is 0. The predicted molar refractivity (Wildman–Crippen MR) is 89.2 cm³/mol. The van der Waals surface area contributed by atoms with Crippen molar-refractivity contribution in [3.05, 3.63) is 35.5 Å². The Balaban J connectivity index is 1.99. The highest BCUT2D eigenvalue weighted by molar-refractivity contribution is 6.06. The fraction of sp³-hybridized carbons (Fsp3) is 0.389. The van der Waals surface area contributed by atoms with Gasteiger partial charge in [-0.15, -0.1) is 0 Å². The minimum atomic E-state index is -0.432. The van der Waals surface area contributed by atoms with Gasteiger partial charge in [-0.3, -0.25) is 4.79 Å². The van der Waals surface area contributed by atoms with E-state index in [1.165, 1.54) is 13.8 Å². The highest BCUT2D eigenvalue weighted by Gasteiger charge is 2.35. The molecule has 126 valence electrons. The van der Waals surface area contributed by atoms with E-state index < -0.39 is 5.97 Å². The first kappa shape index (κ1) is 16.2. The fourth-order valence-electron chi connectivity index (χ4n) is 3.16. The third kappa shape index (κ3) is 3.48. The van der Waals surface area contributed by atoms with Crippen molar-refractivity contribution in [2.45, 2.75) is 26.7 Å². The van der Waals surface area contributed by atoms with E-state index in [9.17, 15) is 9.59 Å². The summed E-state index contributed by atoms with van der Waals surface area (Å²) in [6, 6.07) is 7.35. The number of para-hydroxylation sites is 1. The Bertz CT molecular complexity index is 715. The van der Waals surface area contributed by atoms with Crippen LogP contribution in [0.2, 0.25) is 0 Å². The van der Waals surface area contributed by atoms with E-state index in [-0.39, 0.29) is 5.97 Å². The molecular weight excluding hydrogens is 308 g/mol. The standard InChI is InChI=1S/C18H20N2O4/c1-12(21)23-17-6-4-3-5-15(17)11-16-18(19-24-13(2)22)14-7-9-20(16)10-8-14/h3-6,11,14H,7-10H2,1-2H3/b16-11+,19-18?. The van der Waals surface area contributed by atoms with Gasteiger partial charge in [0.05, 0.1) is 5.70 Å².